The molecule has 1 fully saturated rings. The highest BCUT2D eigenvalue weighted by Crippen LogP contribution is 2.17. The summed E-state index contributed by atoms with van der Waals surface area (Å²) in [5.74, 6) is -0.833. The summed E-state index contributed by atoms with van der Waals surface area (Å²) in [6.07, 6.45) is 5.22. The Bertz CT molecular complexity index is 142. The highest BCUT2D eigenvalue weighted by atomic mass is 16.4. The van der Waals surface area contributed by atoms with Crippen molar-refractivity contribution < 1.29 is 20.1 Å². The molecule has 84 valence electrons. The van der Waals surface area contributed by atoms with E-state index in [1.165, 1.54) is 0 Å². The van der Waals surface area contributed by atoms with E-state index < -0.39 is 5.97 Å². The van der Waals surface area contributed by atoms with E-state index in [0.29, 0.717) is 0 Å². The predicted molar refractivity (Wildman–Crippen MR) is 53.0 cm³/mol. The van der Waals surface area contributed by atoms with Gasteiger partial charge < -0.3 is 15.3 Å². The first kappa shape index (κ1) is 13.4. The molecule has 0 aromatic rings. The molecule has 0 aliphatic heterocycles. The summed E-state index contributed by atoms with van der Waals surface area (Å²) in [4.78, 5) is 9.00. The van der Waals surface area contributed by atoms with E-state index in [1.54, 1.807) is 0 Å². The maximum Gasteiger partial charge on any atom is 0.300 e. The van der Waals surface area contributed by atoms with Crippen LogP contribution in [0.2, 0.25) is 0 Å². The van der Waals surface area contributed by atoms with Gasteiger partial charge in [-0.3, -0.25) is 4.79 Å². The van der Waals surface area contributed by atoms with Crippen molar-refractivity contribution in [1.82, 2.24) is 0 Å². The van der Waals surface area contributed by atoms with Crippen molar-refractivity contribution in [1.29, 1.82) is 0 Å². The van der Waals surface area contributed by atoms with Crippen molar-refractivity contribution in [2.75, 3.05) is 0 Å². The second kappa shape index (κ2) is 7.76. The van der Waals surface area contributed by atoms with Crippen LogP contribution >= 0.6 is 0 Å². The van der Waals surface area contributed by atoms with Gasteiger partial charge in [-0.15, -0.1) is 0 Å². The molecule has 1 aliphatic rings. The molecule has 3 N–H and O–H groups in total. The summed E-state index contributed by atoms with van der Waals surface area (Å²) in [5.41, 5.74) is 0. The fourth-order valence-corrected chi connectivity index (χ4v) is 1.43. The lowest BCUT2D eigenvalue weighted by atomic mass is 9.97. The molecule has 0 unspecified atom stereocenters. The fourth-order valence-electron chi connectivity index (χ4n) is 1.43. The van der Waals surface area contributed by atoms with Gasteiger partial charge in [0.15, 0.2) is 0 Å². The van der Waals surface area contributed by atoms with Crippen molar-refractivity contribution in [3.8, 4) is 0 Å². The Labute approximate surface area is 84.6 Å². The van der Waals surface area contributed by atoms with E-state index >= 15 is 0 Å². The molecule has 1 aliphatic carbocycles. The van der Waals surface area contributed by atoms with Crippen LogP contribution in [0.25, 0.3) is 0 Å². The molecule has 0 amide bonds. The number of aliphatic hydroxyl groups excluding tert-OH is 2. The average Bonchev–Trinajstić information content (AvgIpc) is 2.05. The van der Waals surface area contributed by atoms with E-state index in [1.807, 2.05) is 0 Å². The van der Waals surface area contributed by atoms with Gasteiger partial charge in [0.05, 0.1) is 12.2 Å². The molecule has 0 aromatic heterocycles. The minimum atomic E-state index is -0.833. The van der Waals surface area contributed by atoms with Crippen LogP contribution in [0.5, 0.6) is 0 Å². The highest BCUT2D eigenvalue weighted by Gasteiger charge is 2.12. The van der Waals surface area contributed by atoms with E-state index in [-0.39, 0.29) is 12.2 Å². The number of hydrogen-bond donors (Lipinski definition) is 3. The summed E-state index contributed by atoms with van der Waals surface area (Å²) in [7, 11) is 0. The van der Waals surface area contributed by atoms with Crippen molar-refractivity contribution in [2.45, 2.75) is 57.7 Å². The number of aliphatic hydroxyl groups is 2. The number of carboxylic acids is 1. The average molecular weight is 204 g/mol. The largest absolute Gasteiger partial charge is 0.481 e. The number of hydrogen-bond acceptors (Lipinski definition) is 3. The fraction of sp³-hybridized carbons (Fsp3) is 0.900. The molecule has 1 rings (SSSR count). The second-order valence-electron chi connectivity index (χ2n) is 3.69. The Morgan fingerprint density at radius 2 is 1.29 bits per heavy atom. The Hall–Kier alpha value is -0.610. The van der Waals surface area contributed by atoms with Crippen molar-refractivity contribution >= 4 is 5.97 Å². The molecule has 0 bridgehead atoms. The van der Waals surface area contributed by atoms with Crippen LogP contribution < -0.4 is 0 Å². The van der Waals surface area contributed by atoms with Crippen molar-refractivity contribution in [3.63, 3.8) is 0 Å². The minimum absolute atomic E-state index is 0.157. The summed E-state index contributed by atoms with van der Waals surface area (Å²) in [6.45, 7) is 1.08. The summed E-state index contributed by atoms with van der Waals surface area (Å²) >= 11 is 0. The van der Waals surface area contributed by atoms with E-state index in [4.69, 9.17) is 9.90 Å². The van der Waals surface area contributed by atoms with Crippen LogP contribution in [0.1, 0.15) is 45.4 Å². The third-order valence-electron chi connectivity index (χ3n) is 2.16. The first-order valence-corrected chi connectivity index (χ1v) is 5.08. The van der Waals surface area contributed by atoms with Crippen LogP contribution in [0.3, 0.4) is 0 Å². The lowest BCUT2D eigenvalue weighted by Gasteiger charge is -2.17. The van der Waals surface area contributed by atoms with Crippen LogP contribution in [0.4, 0.5) is 0 Å². The quantitative estimate of drug-likeness (QED) is 0.553. The third-order valence-corrected chi connectivity index (χ3v) is 2.16. The maximum atomic E-state index is 9.22. The van der Waals surface area contributed by atoms with E-state index in [2.05, 4.69) is 0 Å². The zero-order valence-corrected chi connectivity index (χ0v) is 8.65. The van der Waals surface area contributed by atoms with Crippen molar-refractivity contribution in [3.05, 3.63) is 0 Å². The Morgan fingerprint density at radius 1 is 1.00 bits per heavy atom. The number of aliphatic carboxylic acids is 1. The molecule has 0 radical (unpaired) electrons. The molecule has 0 spiro atoms. The Morgan fingerprint density at radius 3 is 1.57 bits per heavy atom. The third kappa shape index (κ3) is 9.48. The molecule has 0 aromatic carbocycles. The highest BCUT2D eigenvalue weighted by molar-refractivity contribution is 5.62. The molecule has 14 heavy (non-hydrogen) atoms. The van der Waals surface area contributed by atoms with Gasteiger partial charge in [0, 0.05) is 6.92 Å². The smallest absolute Gasteiger partial charge is 0.300 e. The minimum Gasteiger partial charge on any atom is -0.481 e. The van der Waals surface area contributed by atoms with Gasteiger partial charge in [-0.05, 0) is 25.7 Å². The summed E-state index contributed by atoms with van der Waals surface area (Å²) in [5, 5.41) is 25.9. The lowest BCUT2D eigenvalue weighted by Crippen LogP contribution is -2.16. The van der Waals surface area contributed by atoms with E-state index in [9.17, 15) is 10.2 Å². The van der Waals surface area contributed by atoms with Gasteiger partial charge in [-0.1, -0.05) is 12.8 Å². The molecule has 0 saturated heterocycles. The molecule has 4 nitrogen and oxygen atoms in total. The lowest BCUT2D eigenvalue weighted by molar-refractivity contribution is -0.134. The van der Waals surface area contributed by atoms with Crippen LogP contribution in [0.15, 0.2) is 0 Å². The molecular formula is C10H20O4. The van der Waals surface area contributed by atoms with Gasteiger partial charge in [-0.2, -0.15) is 0 Å². The molecule has 4 heteroatoms. The van der Waals surface area contributed by atoms with E-state index in [0.717, 1.165) is 45.4 Å². The van der Waals surface area contributed by atoms with Gasteiger partial charge in [-0.25, -0.2) is 0 Å². The Kier molecular flexibility index (Phi) is 7.42. The number of carboxylic acid groups (broad SMARTS) is 1. The Balaban J connectivity index is 0.000000364. The first-order chi connectivity index (χ1) is 6.52. The molecule has 1 saturated carbocycles. The standard InChI is InChI=1S/C8H16O2.C2H4O2/c9-7-3-1-2-4-8(10)6-5-7;1-2(3)4/h7-10H,1-6H2;1H3,(H,3,4)/t7-,8-;/m0./s1. The monoisotopic (exact) mass is 204 g/mol. The van der Waals surface area contributed by atoms with Crippen LogP contribution in [-0.4, -0.2) is 33.5 Å². The number of carbonyl (C=O) groups is 1. The molecule has 0 heterocycles. The zero-order valence-electron chi connectivity index (χ0n) is 8.65. The molecule has 2 atom stereocenters. The summed E-state index contributed by atoms with van der Waals surface area (Å²) in [6, 6.07) is 0. The predicted octanol–water partition coefficient (Wildman–Crippen LogP) is 1.15. The normalized spacial score (nSPS) is 27.9. The van der Waals surface area contributed by atoms with Crippen LogP contribution in [-0.2, 0) is 4.79 Å². The van der Waals surface area contributed by atoms with Gasteiger partial charge in [0.2, 0.25) is 0 Å². The van der Waals surface area contributed by atoms with Gasteiger partial charge >= 0.3 is 0 Å². The zero-order chi connectivity index (χ0) is 11.0. The van der Waals surface area contributed by atoms with Gasteiger partial charge in [0.1, 0.15) is 0 Å². The molecular weight excluding hydrogens is 184 g/mol. The second-order valence-corrected chi connectivity index (χ2v) is 3.69. The van der Waals surface area contributed by atoms with Gasteiger partial charge in [0.25, 0.3) is 5.97 Å². The number of rotatable bonds is 0. The first-order valence-electron chi connectivity index (χ1n) is 5.08. The topological polar surface area (TPSA) is 77.8 Å². The SMILES string of the molecule is CC(=O)O.O[C@H]1CCCC[C@H](O)CC1. The van der Waals surface area contributed by atoms with Crippen molar-refractivity contribution in [2.24, 2.45) is 0 Å². The summed E-state index contributed by atoms with van der Waals surface area (Å²) < 4.78 is 0. The van der Waals surface area contributed by atoms with Crippen LogP contribution in [0, 0.1) is 0 Å². The maximum absolute atomic E-state index is 9.22.